The van der Waals surface area contributed by atoms with Gasteiger partial charge in [0, 0.05) is 35.9 Å². The average molecular weight is 439 g/mol. The molecule has 0 aromatic carbocycles. The summed E-state index contributed by atoms with van der Waals surface area (Å²) in [6, 6.07) is 0.108. The van der Waals surface area contributed by atoms with Crippen LogP contribution in [0.3, 0.4) is 0 Å². The van der Waals surface area contributed by atoms with Crippen molar-refractivity contribution in [3.05, 3.63) is 17.5 Å². The Kier molecular flexibility index (Phi) is 5.44. The molecule has 1 aliphatic heterocycles. The van der Waals surface area contributed by atoms with Crippen molar-refractivity contribution in [2.45, 2.75) is 89.1 Å². The predicted octanol–water partition coefficient (Wildman–Crippen LogP) is 4.88. The van der Waals surface area contributed by atoms with Crippen LogP contribution in [0.15, 0.2) is 6.20 Å². The Morgan fingerprint density at radius 3 is 2.39 bits per heavy atom. The summed E-state index contributed by atoms with van der Waals surface area (Å²) in [6.07, 6.45) is 4.98. The van der Waals surface area contributed by atoms with Crippen LogP contribution in [0, 0.1) is 17.8 Å². The summed E-state index contributed by atoms with van der Waals surface area (Å²) < 4.78 is 47.5. The molecular formula is C23H33F3N4O. The Labute approximate surface area is 182 Å². The van der Waals surface area contributed by atoms with E-state index < -0.39 is 11.9 Å². The Morgan fingerprint density at radius 1 is 1.10 bits per heavy atom. The van der Waals surface area contributed by atoms with E-state index in [-0.39, 0.29) is 35.7 Å². The van der Waals surface area contributed by atoms with Crippen LogP contribution in [0.2, 0.25) is 0 Å². The number of halogens is 3. The number of alkyl halides is 3. The highest BCUT2D eigenvalue weighted by Crippen LogP contribution is 2.53. The second-order valence-corrected chi connectivity index (χ2v) is 10.6. The maximum Gasteiger partial charge on any atom is 0.433 e. The molecular weight excluding hydrogens is 405 g/mol. The topological polar surface area (TPSA) is 50.3 Å². The average Bonchev–Trinajstić information content (AvgIpc) is 2.88. The molecule has 5 aliphatic rings. The lowest BCUT2D eigenvalue weighted by atomic mass is 9.65. The monoisotopic (exact) mass is 438 g/mol. The van der Waals surface area contributed by atoms with Crippen molar-refractivity contribution >= 4 is 5.95 Å². The number of nitrogens with zero attached hydrogens (tertiary/aromatic N) is 3. The summed E-state index contributed by atoms with van der Waals surface area (Å²) in [4.78, 5) is 10.5. The van der Waals surface area contributed by atoms with E-state index in [1.807, 2.05) is 18.7 Å². The van der Waals surface area contributed by atoms with Crippen LogP contribution in [0.5, 0.6) is 0 Å². The Balaban J connectivity index is 1.40. The summed E-state index contributed by atoms with van der Waals surface area (Å²) in [5.74, 6) is 2.32. The summed E-state index contributed by atoms with van der Waals surface area (Å²) >= 11 is 0. The lowest BCUT2D eigenvalue weighted by Gasteiger charge is -2.45. The van der Waals surface area contributed by atoms with Crippen molar-refractivity contribution in [1.29, 1.82) is 0 Å². The number of anilines is 1. The fourth-order valence-electron chi connectivity index (χ4n) is 6.92. The minimum absolute atomic E-state index is 0.0539. The summed E-state index contributed by atoms with van der Waals surface area (Å²) in [6.45, 7) is 5.19. The van der Waals surface area contributed by atoms with E-state index in [1.54, 1.807) is 0 Å². The molecule has 2 unspecified atom stereocenters. The normalized spacial score (nSPS) is 38.3. The maximum atomic E-state index is 14.0. The fraction of sp³-hybridized carbons (Fsp3) is 0.826. The van der Waals surface area contributed by atoms with Crippen molar-refractivity contribution in [2.75, 3.05) is 18.5 Å². The smallest absolute Gasteiger partial charge is 0.378 e. The summed E-state index contributed by atoms with van der Waals surface area (Å²) in [7, 11) is 0. The van der Waals surface area contributed by atoms with Gasteiger partial charge in [0.25, 0.3) is 0 Å². The zero-order valence-corrected chi connectivity index (χ0v) is 18.4. The molecule has 2 heterocycles. The van der Waals surface area contributed by atoms with Crippen LogP contribution in [0.25, 0.3) is 0 Å². The van der Waals surface area contributed by atoms with Crippen LogP contribution in [0.1, 0.15) is 70.1 Å². The lowest BCUT2D eigenvalue weighted by molar-refractivity contribution is -0.142. The lowest BCUT2D eigenvalue weighted by Crippen LogP contribution is -2.49. The number of nitrogens with one attached hydrogen (secondary N) is 1. The van der Waals surface area contributed by atoms with Gasteiger partial charge in [0.2, 0.25) is 5.95 Å². The van der Waals surface area contributed by atoms with Crippen LogP contribution in [-0.4, -0.2) is 45.7 Å². The molecule has 5 nitrogen and oxygen atoms in total. The maximum absolute atomic E-state index is 14.0. The van der Waals surface area contributed by atoms with E-state index in [1.165, 1.54) is 25.5 Å². The first kappa shape index (κ1) is 21.4. The molecule has 4 aliphatic carbocycles. The molecule has 31 heavy (non-hydrogen) atoms. The van der Waals surface area contributed by atoms with Crippen LogP contribution < -0.4 is 5.32 Å². The third-order valence-electron chi connectivity index (χ3n) is 8.10. The molecule has 4 saturated carbocycles. The van der Waals surface area contributed by atoms with Gasteiger partial charge in [0.05, 0.1) is 13.2 Å². The first-order valence-electron chi connectivity index (χ1n) is 11.8. The van der Waals surface area contributed by atoms with Crippen LogP contribution >= 0.6 is 0 Å². The molecule has 6 rings (SSSR count). The van der Waals surface area contributed by atoms with Crippen LogP contribution in [0.4, 0.5) is 19.1 Å². The predicted molar refractivity (Wildman–Crippen MR) is 111 cm³/mol. The van der Waals surface area contributed by atoms with Crippen molar-refractivity contribution < 1.29 is 17.9 Å². The molecule has 0 radical (unpaired) electrons. The molecule has 8 heteroatoms. The molecule has 0 spiro atoms. The van der Waals surface area contributed by atoms with Gasteiger partial charge in [-0.15, -0.1) is 0 Å². The van der Waals surface area contributed by atoms with E-state index >= 15 is 0 Å². The zero-order valence-electron chi connectivity index (χ0n) is 18.4. The first-order chi connectivity index (χ1) is 14.7. The zero-order chi connectivity index (χ0) is 21.8. The SMILES string of the molecule is C[C@@H]1COC[C@H](C)N1Cc1cnc(NC23CCC4CC(CC(C4)C2)C3)nc1C(F)(F)F. The van der Waals surface area contributed by atoms with Gasteiger partial charge in [-0.1, -0.05) is 0 Å². The molecule has 4 atom stereocenters. The minimum Gasteiger partial charge on any atom is -0.378 e. The molecule has 1 N–H and O–H groups in total. The first-order valence-corrected chi connectivity index (χ1v) is 11.8. The second kappa shape index (κ2) is 7.87. The van der Waals surface area contributed by atoms with Crippen molar-refractivity contribution in [3.8, 4) is 0 Å². The van der Waals surface area contributed by atoms with Gasteiger partial charge < -0.3 is 10.1 Å². The number of hydrogen-bond donors (Lipinski definition) is 1. The molecule has 172 valence electrons. The van der Waals surface area contributed by atoms with E-state index in [4.69, 9.17) is 4.74 Å². The third kappa shape index (κ3) is 4.30. The molecule has 1 saturated heterocycles. The highest BCUT2D eigenvalue weighted by atomic mass is 19.4. The summed E-state index contributed by atoms with van der Waals surface area (Å²) in [5.41, 5.74) is -0.811. The van der Waals surface area contributed by atoms with E-state index in [2.05, 4.69) is 15.3 Å². The minimum atomic E-state index is -4.51. The molecule has 5 fully saturated rings. The van der Waals surface area contributed by atoms with Crippen molar-refractivity contribution in [2.24, 2.45) is 17.8 Å². The van der Waals surface area contributed by atoms with Gasteiger partial charge in [0.1, 0.15) is 0 Å². The number of fused-ring (bicyclic) bond motifs is 1. The van der Waals surface area contributed by atoms with Crippen molar-refractivity contribution in [3.63, 3.8) is 0 Å². The number of hydrogen-bond acceptors (Lipinski definition) is 5. The third-order valence-corrected chi connectivity index (χ3v) is 8.10. The Bertz CT molecular complexity index is 793. The molecule has 4 bridgehead atoms. The van der Waals surface area contributed by atoms with Crippen molar-refractivity contribution in [1.82, 2.24) is 14.9 Å². The second-order valence-electron chi connectivity index (χ2n) is 10.6. The fourth-order valence-corrected chi connectivity index (χ4v) is 6.92. The standard InChI is InChI=1S/C23H33F3N4O/c1-14-12-31-13-15(2)30(14)11-19-10-27-21(28-20(19)23(24,25)26)29-22-4-3-16-5-17(8-22)7-18(6-16)9-22/h10,14-18H,3-9,11-13H2,1-2H3,(H,27,28,29)/t14-,15+,16?,17?,18?,22?. The largest absolute Gasteiger partial charge is 0.433 e. The van der Waals surface area contributed by atoms with Gasteiger partial charge in [-0.25, -0.2) is 9.97 Å². The number of rotatable bonds is 4. The Morgan fingerprint density at radius 2 is 1.74 bits per heavy atom. The highest BCUT2D eigenvalue weighted by Gasteiger charge is 2.48. The molecule has 0 amide bonds. The number of morpholine rings is 1. The van der Waals surface area contributed by atoms with Gasteiger partial charge >= 0.3 is 6.18 Å². The van der Waals surface area contributed by atoms with Gasteiger partial charge in [-0.2, -0.15) is 13.2 Å². The number of aromatic nitrogens is 2. The Hall–Kier alpha value is -1.41. The van der Waals surface area contributed by atoms with Gasteiger partial charge in [0.15, 0.2) is 5.69 Å². The number of ether oxygens (including phenoxy) is 1. The van der Waals surface area contributed by atoms with E-state index in [0.717, 1.165) is 31.6 Å². The highest BCUT2D eigenvalue weighted by molar-refractivity contribution is 5.35. The quantitative estimate of drug-likeness (QED) is 0.727. The molecule has 1 aromatic heterocycles. The van der Waals surface area contributed by atoms with E-state index in [0.29, 0.717) is 25.0 Å². The summed E-state index contributed by atoms with van der Waals surface area (Å²) in [5, 5.41) is 3.43. The van der Waals surface area contributed by atoms with Crippen LogP contribution in [-0.2, 0) is 17.5 Å². The van der Waals surface area contributed by atoms with Gasteiger partial charge in [-0.05, 0) is 76.5 Å². The molecule has 1 aromatic rings. The van der Waals surface area contributed by atoms with Gasteiger partial charge in [-0.3, -0.25) is 4.90 Å². The van der Waals surface area contributed by atoms with E-state index in [9.17, 15) is 13.2 Å².